The van der Waals surface area contributed by atoms with Gasteiger partial charge in [0.1, 0.15) is 0 Å². The molecule has 9 rings (SSSR count). The van der Waals surface area contributed by atoms with Crippen molar-refractivity contribution >= 4 is 32.3 Å². The van der Waals surface area contributed by atoms with Crippen molar-refractivity contribution in [2.75, 3.05) is 0 Å². The van der Waals surface area contributed by atoms with Crippen molar-refractivity contribution in [3.63, 3.8) is 0 Å². The lowest BCUT2D eigenvalue weighted by Crippen LogP contribution is -2.01. The van der Waals surface area contributed by atoms with Crippen molar-refractivity contribution < 1.29 is 0 Å². The van der Waals surface area contributed by atoms with Crippen LogP contribution in [0.1, 0.15) is 16.7 Å². The van der Waals surface area contributed by atoms with Gasteiger partial charge >= 0.3 is 0 Å². The standard InChI is InChI=1S/C48H35N3/c1-32-14-5-7-20-38(32)39-21-8-6-16-34(39)27-26-33-15-13-19-36(30-33)47-49-46(35-17-3-2-4-18-35)50-48(51-47)37-28-29-44-42-24-10-9-22-40(42)41-23-11-12-25-43(41)45(44)31-37/h2-25,28-31H,26-27H2,1H3. The van der Waals surface area contributed by atoms with Crippen molar-refractivity contribution in [3.8, 4) is 45.3 Å². The van der Waals surface area contributed by atoms with Crippen molar-refractivity contribution in [3.05, 3.63) is 187 Å². The van der Waals surface area contributed by atoms with E-state index in [1.54, 1.807) is 0 Å². The van der Waals surface area contributed by atoms with Gasteiger partial charge < -0.3 is 0 Å². The highest BCUT2D eigenvalue weighted by molar-refractivity contribution is 6.25. The molecule has 0 unspecified atom stereocenters. The Kier molecular flexibility index (Phi) is 7.87. The highest BCUT2D eigenvalue weighted by Crippen LogP contribution is 2.37. The molecule has 0 aliphatic heterocycles. The van der Waals surface area contributed by atoms with E-state index in [9.17, 15) is 0 Å². The van der Waals surface area contributed by atoms with Gasteiger partial charge in [-0.3, -0.25) is 0 Å². The molecule has 8 aromatic carbocycles. The molecule has 0 amide bonds. The summed E-state index contributed by atoms with van der Waals surface area (Å²) in [5, 5.41) is 7.40. The van der Waals surface area contributed by atoms with E-state index in [2.05, 4.69) is 159 Å². The molecular formula is C48H35N3. The number of fused-ring (bicyclic) bond motifs is 6. The van der Waals surface area contributed by atoms with Gasteiger partial charge in [0.15, 0.2) is 17.5 Å². The zero-order valence-electron chi connectivity index (χ0n) is 28.4. The summed E-state index contributed by atoms with van der Waals surface area (Å²) in [5.41, 5.74) is 9.40. The van der Waals surface area contributed by atoms with Crippen LogP contribution >= 0.6 is 0 Å². The van der Waals surface area contributed by atoms with Crippen LogP contribution in [0.5, 0.6) is 0 Å². The van der Waals surface area contributed by atoms with Crippen LogP contribution in [-0.4, -0.2) is 15.0 Å². The number of benzene rings is 8. The summed E-state index contributed by atoms with van der Waals surface area (Å²) < 4.78 is 0. The van der Waals surface area contributed by atoms with Gasteiger partial charge in [0, 0.05) is 16.7 Å². The number of hydrogen-bond acceptors (Lipinski definition) is 3. The predicted molar refractivity (Wildman–Crippen MR) is 213 cm³/mol. The van der Waals surface area contributed by atoms with Crippen LogP contribution in [-0.2, 0) is 12.8 Å². The minimum absolute atomic E-state index is 0.663. The average Bonchev–Trinajstić information content (AvgIpc) is 3.20. The lowest BCUT2D eigenvalue weighted by Gasteiger charge is -2.13. The maximum atomic E-state index is 5.15. The van der Waals surface area contributed by atoms with Gasteiger partial charge in [-0.1, -0.05) is 158 Å². The van der Waals surface area contributed by atoms with Crippen LogP contribution in [0.2, 0.25) is 0 Å². The summed E-state index contributed by atoms with van der Waals surface area (Å²) in [6.45, 7) is 2.18. The Morgan fingerprint density at radius 2 is 0.863 bits per heavy atom. The van der Waals surface area contributed by atoms with E-state index in [1.807, 2.05) is 18.2 Å². The van der Waals surface area contributed by atoms with Crippen molar-refractivity contribution in [2.45, 2.75) is 19.8 Å². The quantitative estimate of drug-likeness (QED) is 0.161. The summed E-state index contributed by atoms with van der Waals surface area (Å²) in [4.78, 5) is 15.3. The van der Waals surface area contributed by atoms with Crippen LogP contribution < -0.4 is 0 Å². The average molecular weight is 654 g/mol. The smallest absolute Gasteiger partial charge is 0.164 e. The van der Waals surface area contributed by atoms with E-state index < -0.39 is 0 Å². The fourth-order valence-corrected chi connectivity index (χ4v) is 7.42. The molecule has 0 aliphatic carbocycles. The second-order valence-corrected chi connectivity index (χ2v) is 13.2. The van der Waals surface area contributed by atoms with Crippen molar-refractivity contribution in [2.24, 2.45) is 0 Å². The van der Waals surface area contributed by atoms with Gasteiger partial charge in [-0.2, -0.15) is 0 Å². The molecular weight excluding hydrogens is 619 g/mol. The Morgan fingerprint density at radius 3 is 1.55 bits per heavy atom. The number of hydrogen-bond donors (Lipinski definition) is 0. The molecule has 3 nitrogen and oxygen atoms in total. The molecule has 1 heterocycles. The molecule has 1 aromatic heterocycles. The second kappa shape index (κ2) is 13.1. The zero-order valence-corrected chi connectivity index (χ0v) is 28.4. The van der Waals surface area contributed by atoms with Crippen LogP contribution in [0.3, 0.4) is 0 Å². The third-order valence-corrected chi connectivity index (χ3v) is 9.99. The summed E-state index contributed by atoms with van der Waals surface area (Å²) in [7, 11) is 0. The van der Waals surface area contributed by atoms with Crippen molar-refractivity contribution in [1.82, 2.24) is 15.0 Å². The first kappa shape index (κ1) is 30.6. The van der Waals surface area contributed by atoms with E-state index in [0.29, 0.717) is 17.5 Å². The number of aromatic nitrogens is 3. The van der Waals surface area contributed by atoms with Gasteiger partial charge in [-0.05, 0) is 92.0 Å². The van der Waals surface area contributed by atoms with Crippen LogP contribution in [0.4, 0.5) is 0 Å². The Morgan fingerprint density at radius 1 is 0.353 bits per heavy atom. The van der Waals surface area contributed by atoms with Gasteiger partial charge in [0.2, 0.25) is 0 Å². The molecule has 0 saturated carbocycles. The Labute approximate surface area is 298 Å². The van der Waals surface area contributed by atoms with Gasteiger partial charge in [0.05, 0.1) is 0 Å². The first-order valence-electron chi connectivity index (χ1n) is 17.6. The summed E-state index contributed by atoms with van der Waals surface area (Å²) in [6.07, 6.45) is 1.84. The molecule has 0 spiro atoms. The lowest BCUT2D eigenvalue weighted by molar-refractivity contribution is 0.961. The van der Waals surface area contributed by atoms with E-state index >= 15 is 0 Å². The van der Waals surface area contributed by atoms with Crippen molar-refractivity contribution in [1.29, 1.82) is 0 Å². The first-order valence-corrected chi connectivity index (χ1v) is 17.6. The monoisotopic (exact) mass is 653 g/mol. The molecule has 0 saturated heterocycles. The minimum Gasteiger partial charge on any atom is -0.208 e. The minimum atomic E-state index is 0.663. The molecule has 0 aliphatic rings. The SMILES string of the molecule is Cc1ccccc1-c1ccccc1CCc1cccc(-c2nc(-c3ccccc3)nc(-c3ccc4c5ccccc5c5ccccc5c4c3)n2)c1. The fourth-order valence-electron chi connectivity index (χ4n) is 7.42. The lowest BCUT2D eigenvalue weighted by atomic mass is 9.92. The van der Waals surface area contributed by atoms with Crippen LogP contribution in [0.25, 0.3) is 77.6 Å². The number of rotatable bonds is 7. The largest absolute Gasteiger partial charge is 0.208 e. The molecule has 0 fully saturated rings. The number of nitrogens with zero attached hydrogens (tertiary/aromatic N) is 3. The number of aryl methyl sites for hydroxylation is 3. The maximum Gasteiger partial charge on any atom is 0.164 e. The molecule has 51 heavy (non-hydrogen) atoms. The fraction of sp³-hybridized carbons (Fsp3) is 0.0625. The normalized spacial score (nSPS) is 11.4. The molecule has 0 atom stereocenters. The van der Waals surface area contributed by atoms with Crippen LogP contribution in [0, 0.1) is 6.92 Å². The maximum absolute atomic E-state index is 5.15. The Balaban J connectivity index is 1.12. The topological polar surface area (TPSA) is 38.7 Å². The molecule has 0 N–H and O–H groups in total. The molecule has 0 radical (unpaired) electrons. The molecule has 242 valence electrons. The van der Waals surface area contributed by atoms with E-state index in [4.69, 9.17) is 15.0 Å². The third-order valence-electron chi connectivity index (χ3n) is 9.99. The summed E-state index contributed by atoms with van der Waals surface area (Å²) >= 11 is 0. The highest BCUT2D eigenvalue weighted by Gasteiger charge is 2.15. The summed E-state index contributed by atoms with van der Waals surface area (Å²) in [5.74, 6) is 2.00. The molecule has 9 aromatic rings. The summed E-state index contributed by atoms with van der Waals surface area (Å²) in [6, 6.07) is 60.2. The first-order chi connectivity index (χ1) is 25.2. The van der Waals surface area contributed by atoms with Gasteiger partial charge in [-0.25, -0.2) is 15.0 Å². The Bertz CT molecular complexity index is 2680. The second-order valence-electron chi connectivity index (χ2n) is 13.2. The zero-order chi connectivity index (χ0) is 34.1. The van der Waals surface area contributed by atoms with Gasteiger partial charge in [-0.15, -0.1) is 0 Å². The van der Waals surface area contributed by atoms with E-state index in [1.165, 1.54) is 60.1 Å². The molecule has 3 heteroatoms. The Hall–Kier alpha value is -6.45. The van der Waals surface area contributed by atoms with E-state index in [-0.39, 0.29) is 0 Å². The van der Waals surface area contributed by atoms with Crippen LogP contribution in [0.15, 0.2) is 170 Å². The van der Waals surface area contributed by atoms with E-state index in [0.717, 1.165) is 29.5 Å². The highest BCUT2D eigenvalue weighted by atomic mass is 15.0. The van der Waals surface area contributed by atoms with Gasteiger partial charge in [0.25, 0.3) is 0 Å². The molecule has 0 bridgehead atoms. The third kappa shape index (κ3) is 5.83. The predicted octanol–water partition coefficient (Wildman–Crippen LogP) is 12.1.